The summed E-state index contributed by atoms with van der Waals surface area (Å²) in [7, 11) is 0. The molecule has 0 bridgehead atoms. The van der Waals surface area contributed by atoms with Crippen LogP contribution in [0.15, 0.2) is 0 Å². The van der Waals surface area contributed by atoms with Gasteiger partial charge in [0.05, 0.1) is 0 Å². The van der Waals surface area contributed by atoms with E-state index in [1.54, 1.807) is 0 Å². The third kappa shape index (κ3) is 1.99. The van der Waals surface area contributed by atoms with Gasteiger partial charge in [-0.1, -0.05) is 6.92 Å². The Bertz CT molecular complexity index is 145. The van der Waals surface area contributed by atoms with Crippen molar-refractivity contribution >= 4 is 0 Å². The molecule has 0 radical (unpaired) electrons. The van der Waals surface area contributed by atoms with E-state index in [1.165, 1.54) is 13.0 Å². The maximum atomic E-state index is 9.06. The van der Waals surface area contributed by atoms with Crippen LogP contribution in [0.4, 0.5) is 0 Å². The first-order valence-corrected chi connectivity index (χ1v) is 4.96. The van der Waals surface area contributed by atoms with Gasteiger partial charge in [-0.25, -0.2) is 0 Å². The number of aliphatic hydroxyl groups is 1. The van der Waals surface area contributed by atoms with Crippen LogP contribution in [0.2, 0.25) is 0 Å². The first-order valence-electron chi connectivity index (χ1n) is 4.96. The summed E-state index contributed by atoms with van der Waals surface area (Å²) in [6, 6.07) is 0. The number of hydrogen-bond donors (Lipinski definition) is 1. The van der Waals surface area contributed by atoms with Gasteiger partial charge in [0, 0.05) is 18.7 Å². The van der Waals surface area contributed by atoms with Gasteiger partial charge in [0.1, 0.15) is 0 Å². The fraction of sp³-hybridized carbons (Fsp3) is 1.00. The third-order valence-corrected chi connectivity index (χ3v) is 2.87. The van der Waals surface area contributed by atoms with Gasteiger partial charge < -0.3 is 5.11 Å². The van der Waals surface area contributed by atoms with Crippen LogP contribution < -0.4 is 0 Å². The standard InChI is InChI=1S/C10H21NO/c1-4-5-11-7-9(8-12)6-10(11,2)3/h9,12H,4-8H2,1-3H3. The van der Waals surface area contributed by atoms with E-state index in [0.717, 1.165) is 13.0 Å². The highest BCUT2D eigenvalue weighted by Gasteiger charge is 2.36. The molecule has 0 saturated carbocycles. The lowest BCUT2D eigenvalue weighted by atomic mass is 9.97. The minimum atomic E-state index is 0.309. The smallest absolute Gasteiger partial charge is 0.0472 e. The Morgan fingerprint density at radius 3 is 2.58 bits per heavy atom. The molecule has 0 aromatic heterocycles. The van der Waals surface area contributed by atoms with E-state index in [4.69, 9.17) is 5.11 Å². The number of aliphatic hydroxyl groups excluding tert-OH is 1. The second-order valence-electron chi connectivity index (χ2n) is 4.51. The third-order valence-electron chi connectivity index (χ3n) is 2.87. The number of nitrogens with zero attached hydrogens (tertiary/aromatic N) is 1. The zero-order valence-electron chi connectivity index (χ0n) is 8.51. The maximum Gasteiger partial charge on any atom is 0.0472 e. The molecule has 12 heavy (non-hydrogen) atoms. The van der Waals surface area contributed by atoms with Crippen LogP contribution in [-0.2, 0) is 0 Å². The molecule has 1 atom stereocenters. The SMILES string of the molecule is CCCN1CC(CO)CC1(C)C. The first-order chi connectivity index (χ1) is 5.60. The molecule has 0 spiro atoms. The molecule has 1 fully saturated rings. The molecule has 2 nitrogen and oxygen atoms in total. The summed E-state index contributed by atoms with van der Waals surface area (Å²) >= 11 is 0. The summed E-state index contributed by atoms with van der Waals surface area (Å²) in [4.78, 5) is 2.49. The van der Waals surface area contributed by atoms with Gasteiger partial charge in [0.2, 0.25) is 0 Å². The summed E-state index contributed by atoms with van der Waals surface area (Å²) in [5, 5.41) is 9.06. The Balaban J connectivity index is 2.51. The van der Waals surface area contributed by atoms with E-state index >= 15 is 0 Å². The monoisotopic (exact) mass is 171 g/mol. The molecule has 1 saturated heterocycles. The van der Waals surface area contributed by atoms with Gasteiger partial charge in [-0.3, -0.25) is 4.90 Å². The normalized spacial score (nSPS) is 29.5. The molecule has 0 aromatic carbocycles. The van der Waals surface area contributed by atoms with Crippen molar-refractivity contribution in [3.05, 3.63) is 0 Å². The fourth-order valence-corrected chi connectivity index (χ4v) is 2.25. The van der Waals surface area contributed by atoms with E-state index < -0.39 is 0 Å². The highest BCUT2D eigenvalue weighted by molar-refractivity contribution is 4.92. The quantitative estimate of drug-likeness (QED) is 0.695. The molecule has 1 heterocycles. The van der Waals surface area contributed by atoms with Crippen molar-refractivity contribution in [1.82, 2.24) is 4.90 Å². The molecule has 1 N–H and O–H groups in total. The summed E-state index contributed by atoms with van der Waals surface area (Å²) in [6.07, 6.45) is 2.35. The summed E-state index contributed by atoms with van der Waals surface area (Å²) in [5.41, 5.74) is 0.309. The van der Waals surface area contributed by atoms with Crippen LogP contribution in [-0.4, -0.2) is 35.2 Å². The second kappa shape index (κ2) is 3.75. The molecular formula is C10H21NO. The van der Waals surface area contributed by atoms with Crippen LogP contribution in [0.1, 0.15) is 33.6 Å². The Morgan fingerprint density at radius 1 is 1.50 bits per heavy atom. The zero-order chi connectivity index (χ0) is 9.19. The van der Waals surface area contributed by atoms with E-state index in [-0.39, 0.29) is 0 Å². The number of likely N-dealkylation sites (tertiary alicyclic amines) is 1. The van der Waals surface area contributed by atoms with Crippen LogP contribution >= 0.6 is 0 Å². The lowest BCUT2D eigenvalue weighted by Crippen LogP contribution is -2.38. The molecule has 1 aliphatic heterocycles. The molecule has 1 rings (SSSR count). The van der Waals surface area contributed by atoms with Crippen LogP contribution in [0.5, 0.6) is 0 Å². The Morgan fingerprint density at radius 2 is 2.17 bits per heavy atom. The van der Waals surface area contributed by atoms with E-state index in [0.29, 0.717) is 18.1 Å². The van der Waals surface area contributed by atoms with Crippen molar-refractivity contribution in [2.75, 3.05) is 19.7 Å². The predicted molar refractivity (Wildman–Crippen MR) is 51.1 cm³/mol. The van der Waals surface area contributed by atoms with Gasteiger partial charge in [-0.15, -0.1) is 0 Å². The van der Waals surface area contributed by atoms with Crippen molar-refractivity contribution < 1.29 is 5.11 Å². The number of rotatable bonds is 3. The Kier molecular flexibility index (Phi) is 3.13. The largest absolute Gasteiger partial charge is 0.396 e. The topological polar surface area (TPSA) is 23.5 Å². The van der Waals surface area contributed by atoms with Crippen molar-refractivity contribution in [1.29, 1.82) is 0 Å². The molecular weight excluding hydrogens is 150 g/mol. The highest BCUT2D eigenvalue weighted by atomic mass is 16.3. The minimum absolute atomic E-state index is 0.309. The van der Waals surface area contributed by atoms with Crippen molar-refractivity contribution in [3.8, 4) is 0 Å². The lowest BCUT2D eigenvalue weighted by molar-refractivity contribution is 0.173. The summed E-state index contributed by atoms with van der Waals surface area (Å²) < 4.78 is 0. The average Bonchev–Trinajstić information content (AvgIpc) is 2.28. The summed E-state index contributed by atoms with van der Waals surface area (Å²) in [5.74, 6) is 0.506. The van der Waals surface area contributed by atoms with Gasteiger partial charge >= 0.3 is 0 Å². The van der Waals surface area contributed by atoms with E-state index in [2.05, 4.69) is 25.7 Å². The van der Waals surface area contributed by atoms with Crippen molar-refractivity contribution in [2.45, 2.75) is 39.2 Å². The Hall–Kier alpha value is -0.0800. The molecule has 0 amide bonds. The van der Waals surface area contributed by atoms with Crippen LogP contribution in [0.3, 0.4) is 0 Å². The van der Waals surface area contributed by atoms with E-state index in [9.17, 15) is 0 Å². The average molecular weight is 171 g/mol. The second-order valence-corrected chi connectivity index (χ2v) is 4.51. The predicted octanol–water partition coefficient (Wildman–Crippen LogP) is 1.49. The van der Waals surface area contributed by atoms with E-state index in [1.807, 2.05) is 0 Å². The lowest BCUT2D eigenvalue weighted by Gasteiger charge is -2.30. The molecule has 0 aliphatic carbocycles. The van der Waals surface area contributed by atoms with Crippen molar-refractivity contribution in [2.24, 2.45) is 5.92 Å². The number of hydrogen-bond acceptors (Lipinski definition) is 2. The maximum absolute atomic E-state index is 9.06. The first kappa shape index (κ1) is 10.0. The van der Waals surface area contributed by atoms with Gasteiger partial charge in [0.25, 0.3) is 0 Å². The molecule has 72 valence electrons. The molecule has 0 aromatic rings. The highest BCUT2D eigenvalue weighted by Crippen LogP contribution is 2.32. The van der Waals surface area contributed by atoms with Gasteiger partial charge in [0.15, 0.2) is 0 Å². The fourth-order valence-electron chi connectivity index (χ4n) is 2.25. The van der Waals surface area contributed by atoms with Crippen molar-refractivity contribution in [3.63, 3.8) is 0 Å². The van der Waals surface area contributed by atoms with Crippen LogP contribution in [0, 0.1) is 5.92 Å². The Labute approximate surface area is 75.6 Å². The molecule has 2 heteroatoms. The van der Waals surface area contributed by atoms with Crippen LogP contribution in [0.25, 0.3) is 0 Å². The molecule has 1 unspecified atom stereocenters. The minimum Gasteiger partial charge on any atom is -0.396 e. The molecule has 1 aliphatic rings. The van der Waals surface area contributed by atoms with Gasteiger partial charge in [-0.05, 0) is 39.2 Å². The summed E-state index contributed by atoms with van der Waals surface area (Å²) in [6.45, 7) is 9.36. The van der Waals surface area contributed by atoms with Gasteiger partial charge in [-0.2, -0.15) is 0 Å². The zero-order valence-corrected chi connectivity index (χ0v) is 8.51.